The summed E-state index contributed by atoms with van der Waals surface area (Å²) in [5, 5.41) is 0. The molecule has 0 aliphatic heterocycles. The molecule has 0 aliphatic rings. The predicted molar refractivity (Wildman–Crippen MR) is 57.3 cm³/mol. The summed E-state index contributed by atoms with van der Waals surface area (Å²) in [4.78, 5) is 3.95. The van der Waals surface area contributed by atoms with Crippen molar-refractivity contribution in [2.75, 3.05) is 0 Å². The molecule has 0 spiro atoms. The SMILES string of the molecule is Fc1ccc(-c2cncc(Br)c2)cc1F. The number of benzene rings is 1. The highest BCUT2D eigenvalue weighted by molar-refractivity contribution is 9.10. The minimum absolute atomic E-state index is 0.600. The Balaban J connectivity index is 2.50. The van der Waals surface area contributed by atoms with Gasteiger partial charge in [-0.2, -0.15) is 0 Å². The first-order valence-corrected chi connectivity index (χ1v) is 5.02. The van der Waals surface area contributed by atoms with E-state index in [9.17, 15) is 8.78 Å². The van der Waals surface area contributed by atoms with Crippen molar-refractivity contribution >= 4 is 15.9 Å². The number of hydrogen-bond donors (Lipinski definition) is 0. The molecule has 0 radical (unpaired) electrons. The molecule has 2 aromatic rings. The van der Waals surface area contributed by atoms with Crippen LogP contribution in [0.25, 0.3) is 11.1 Å². The molecule has 1 nitrogen and oxygen atoms in total. The topological polar surface area (TPSA) is 12.9 Å². The van der Waals surface area contributed by atoms with Crippen LogP contribution in [-0.2, 0) is 0 Å². The molecule has 15 heavy (non-hydrogen) atoms. The third kappa shape index (κ3) is 2.21. The summed E-state index contributed by atoms with van der Waals surface area (Å²) in [6.07, 6.45) is 3.22. The second-order valence-electron chi connectivity index (χ2n) is 3.02. The lowest BCUT2D eigenvalue weighted by Gasteiger charge is -2.02. The van der Waals surface area contributed by atoms with E-state index in [0.29, 0.717) is 5.56 Å². The molecule has 0 N–H and O–H groups in total. The van der Waals surface area contributed by atoms with E-state index in [1.807, 2.05) is 0 Å². The van der Waals surface area contributed by atoms with Crippen molar-refractivity contribution in [3.63, 3.8) is 0 Å². The zero-order valence-electron chi connectivity index (χ0n) is 7.55. The van der Waals surface area contributed by atoms with Crippen LogP contribution in [0.4, 0.5) is 8.78 Å². The fraction of sp³-hybridized carbons (Fsp3) is 0. The van der Waals surface area contributed by atoms with Crippen molar-refractivity contribution in [1.29, 1.82) is 0 Å². The Morgan fingerprint density at radius 2 is 1.73 bits per heavy atom. The van der Waals surface area contributed by atoms with Gasteiger partial charge in [0, 0.05) is 22.4 Å². The monoisotopic (exact) mass is 269 g/mol. The average Bonchev–Trinajstić information content (AvgIpc) is 2.22. The fourth-order valence-electron chi connectivity index (χ4n) is 1.25. The van der Waals surface area contributed by atoms with Crippen molar-refractivity contribution in [2.24, 2.45) is 0 Å². The maximum atomic E-state index is 13.0. The second-order valence-corrected chi connectivity index (χ2v) is 3.94. The normalized spacial score (nSPS) is 10.3. The summed E-state index contributed by atoms with van der Waals surface area (Å²) in [5.41, 5.74) is 1.34. The average molecular weight is 270 g/mol. The van der Waals surface area contributed by atoms with Crippen molar-refractivity contribution in [3.8, 4) is 11.1 Å². The lowest BCUT2D eigenvalue weighted by Crippen LogP contribution is -1.86. The van der Waals surface area contributed by atoms with Gasteiger partial charge in [-0.05, 0) is 39.7 Å². The molecule has 0 unspecified atom stereocenters. The molecule has 0 saturated carbocycles. The first kappa shape index (κ1) is 10.2. The Morgan fingerprint density at radius 3 is 2.40 bits per heavy atom. The van der Waals surface area contributed by atoms with Crippen LogP contribution in [-0.4, -0.2) is 4.98 Å². The summed E-state index contributed by atoms with van der Waals surface area (Å²) >= 11 is 3.26. The van der Waals surface area contributed by atoms with E-state index in [1.54, 1.807) is 18.5 Å². The summed E-state index contributed by atoms with van der Waals surface area (Å²) in [6, 6.07) is 5.56. The number of rotatable bonds is 1. The van der Waals surface area contributed by atoms with E-state index in [1.165, 1.54) is 6.07 Å². The van der Waals surface area contributed by atoms with E-state index in [0.717, 1.165) is 22.2 Å². The molecule has 0 bridgehead atoms. The highest BCUT2D eigenvalue weighted by Crippen LogP contribution is 2.23. The molecule has 0 atom stereocenters. The number of nitrogens with zero attached hydrogens (tertiary/aromatic N) is 1. The van der Waals surface area contributed by atoms with Gasteiger partial charge in [0.25, 0.3) is 0 Å². The molecule has 0 aliphatic carbocycles. The Hall–Kier alpha value is -1.29. The van der Waals surface area contributed by atoms with E-state index in [2.05, 4.69) is 20.9 Å². The number of pyridine rings is 1. The lowest BCUT2D eigenvalue weighted by molar-refractivity contribution is 0.509. The maximum Gasteiger partial charge on any atom is 0.159 e. The highest BCUT2D eigenvalue weighted by Gasteiger charge is 2.04. The molecule has 1 aromatic carbocycles. The van der Waals surface area contributed by atoms with Crippen molar-refractivity contribution in [3.05, 3.63) is 52.8 Å². The van der Waals surface area contributed by atoms with Crippen LogP contribution in [0.5, 0.6) is 0 Å². The molecule has 1 heterocycles. The Bertz CT molecular complexity index is 500. The van der Waals surface area contributed by atoms with Gasteiger partial charge in [0.2, 0.25) is 0 Å². The minimum atomic E-state index is -0.854. The first-order valence-electron chi connectivity index (χ1n) is 4.23. The van der Waals surface area contributed by atoms with Gasteiger partial charge in [-0.25, -0.2) is 8.78 Å². The van der Waals surface area contributed by atoms with Gasteiger partial charge in [-0.3, -0.25) is 4.98 Å². The molecule has 0 fully saturated rings. The molecule has 76 valence electrons. The van der Waals surface area contributed by atoms with Gasteiger partial charge >= 0.3 is 0 Å². The molecule has 1 aromatic heterocycles. The summed E-state index contributed by atoms with van der Waals surface area (Å²) in [6.45, 7) is 0. The number of hydrogen-bond acceptors (Lipinski definition) is 1. The molecule has 0 amide bonds. The smallest absolute Gasteiger partial charge is 0.159 e. The number of halogens is 3. The van der Waals surface area contributed by atoms with Crippen LogP contribution in [0.3, 0.4) is 0 Å². The largest absolute Gasteiger partial charge is 0.263 e. The Labute approximate surface area is 93.9 Å². The van der Waals surface area contributed by atoms with E-state index < -0.39 is 11.6 Å². The third-order valence-corrected chi connectivity index (χ3v) is 2.39. The molecule has 0 saturated heterocycles. The van der Waals surface area contributed by atoms with Crippen LogP contribution in [0, 0.1) is 11.6 Å². The van der Waals surface area contributed by atoms with Crippen molar-refractivity contribution in [1.82, 2.24) is 4.98 Å². The fourth-order valence-corrected chi connectivity index (χ4v) is 1.61. The van der Waals surface area contributed by atoms with Crippen LogP contribution < -0.4 is 0 Å². The van der Waals surface area contributed by atoms with Gasteiger partial charge in [-0.1, -0.05) is 6.07 Å². The van der Waals surface area contributed by atoms with Gasteiger partial charge in [0.1, 0.15) is 0 Å². The van der Waals surface area contributed by atoms with E-state index in [-0.39, 0.29) is 0 Å². The van der Waals surface area contributed by atoms with Crippen LogP contribution in [0.2, 0.25) is 0 Å². The van der Waals surface area contributed by atoms with Crippen molar-refractivity contribution in [2.45, 2.75) is 0 Å². The van der Waals surface area contributed by atoms with Gasteiger partial charge in [0.15, 0.2) is 11.6 Å². The van der Waals surface area contributed by atoms with E-state index >= 15 is 0 Å². The quantitative estimate of drug-likeness (QED) is 0.768. The van der Waals surface area contributed by atoms with Gasteiger partial charge in [-0.15, -0.1) is 0 Å². The molecule has 4 heteroatoms. The zero-order valence-corrected chi connectivity index (χ0v) is 9.13. The van der Waals surface area contributed by atoms with Crippen LogP contribution >= 0.6 is 15.9 Å². The predicted octanol–water partition coefficient (Wildman–Crippen LogP) is 3.79. The van der Waals surface area contributed by atoms with E-state index in [4.69, 9.17) is 0 Å². The first-order chi connectivity index (χ1) is 7.16. The third-order valence-electron chi connectivity index (χ3n) is 1.96. The van der Waals surface area contributed by atoms with Crippen LogP contribution in [0.1, 0.15) is 0 Å². The standard InChI is InChI=1S/C11H6BrF2N/c12-9-3-8(5-15-6-9)7-1-2-10(13)11(14)4-7/h1-6H. The number of aromatic nitrogens is 1. The molecular weight excluding hydrogens is 264 g/mol. The summed E-state index contributed by atoms with van der Waals surface area (Å²) < 4.78 is 26.4. The second kappa shape index (κ2) is 4.06. The highest BCUT2D eigenvalue weighted by atomic mass is 79.9. The van der Waals surface area contributed by atoms with Gasteiger partial charge < -0.3 is 0 Å². The van der Waals surface area contributed by atoms with Crippen LogP contribution in [0.15, 0.2) is 41.1 Å². The minimum Gasteiger partial charge on any atom is -0.263 e. The summed E-state index contributed by atoms with van der Waals surface area (Å²) in [5.74, 6) is -1.70. The lowest BCUT2D eigenvalue weighted by atomic mass is 10.1. The maximum absolute atomic E-state index is 13.0. The zero-order chi connectivity index (χ0) is 10.8. The van der Waals surface area contributed by atoms with Gasteiger partial charge in [0.05, 0.1) is 0 Å². The summed E-state index contributed by atoms with van der Waals surface area (Å²) in [7, 11) is 0. The Morgan fingerprint density at radius 1 is 0.933 bits per heavy atom. The molecular formula is C11H6BrF2N. The van der Waals surface area contributed by atoms with Crippen molar-refractivity contribution < 1.29 is 8.78 Å². The molecule has 2 rings (SSSR count). The Kier molecular flexibility index (Phi) is 2.77.